The molecule has 1 fully saturated rings. The number of hydrogen-bond donors (Lipinski definition) is 3. The second-order valence-electron chi connectivity index (χ2n) is 8.70. The Bertz CT molecular complexity index is 1430. The van der Waals surface area contributed by atoms with Crippen molar-refractivity contribution in [3.8, 4) is 11.3 Å². The summed E-state index contributed by atoms with van der Waals surface area (Å²) in [4.78, 5) is 33.8. The van der Waals surface area contributed by atoms with E-state index < -0.39 is 11.5 Å². The average molecular weight is 434 g/mol. The number of carbonyl (C=O) groups is 2. The van der Waals surface area contributed by atoms with Gasteiger partial charge in [0.1, 0.15) is 0 Å². The summed E-state index contributed by atoms with van der Waals surface area (Å²) in [6.45, 7) is 3.98. The monoisotopic (exact) mass is 434 g/mol. The molecule has 0 spiro atoms. The number of fused-ring (bicyclic) bond motifs is 3. The van der Waals surface area contributed by atoms with E-state index >= 15 is 0 Å². The van der Waals surface area contributed by atoms with Crippen LogP contribution in [0.2, 0.25) is 0 Å². The van der Waals surface area contributed by atoms with Crippen LogP contribution in [-0.4, -0.2) is 21.8 Å². The van der Waals surface area contributed by atoms with E-state index in [2.05, 4.69) is 45.4 Å². The van der Waals surface area contributed by atoms with Gasteiger partial charge in [0.15, 0.2) is 0 Å². The summed E-state index contributed by atoms with van der Waals surface area (Å²) in [6.07, 6.45) is 3.78. The number of aromatic nitrogens is 2. The van der Waals surface area contributed by atoms with Crippen LogP contribution < -0.4 is 10.6 Å². The average Bonchev–Trinajstić information content (AvgIpc) is 3.32. The van der Waals surface area contributed by atoms with Crippen LogP contribution in [0.3, 0.4) is 0 Å². The highest BCUT2D eigenvalue weighted by Gasteiger charge is 2.56. The molecule has 2 amide bonds. The number of carbonyl (C=O) groups excluding carboxylic acids is 2. The summed E-state index contributed by atoms with van der Waals surface area (Å²) in [7, 11) is 0. The summed E-state index contributed by atoms with van der Waals surface area (Å²) in [5, 5.41) is 8.21. The van der Waals surface area contributed by atoms with Gasteiger partial charge in [-0.2, -0.15) is 0 Å². The fourth-order valence-corrected chi connectivity index (χ4v) is 5.34. The molecule has 7 rings (SSSR count). The first-order chi connectivity index (χ1) is 16.1. The maximum Gasteiger partial charge on any atom is 0.239 e. The van der Waals surface area contributed by atoms with E-state index in [1.165, 1.54) is 0 Å². The highest BCUT2D eigenvalue weighted by Crippen LogP contribution is 2.54. The quantitative estimate of drug-likeness (QED) is 0.407. The number of aromatic amines is 1. The maximum atomic E-state index is 13.6. The minimum absolute atomic E-state index is 0.0415. The first-order valence-corrected chi connectivity index (χ1v) is 11.0. The molecule has 0 radical (unpaired) electrons. The highest BCUT2D eigenvalue weighted by atomic mass is 16.2. The molecular formula is C27H22N4O2. The first-order valence-electron chi connectivity index (χ1n) is 11.0. The van der Waals surface area contributed by atoms with E-state index in [4.69, 9.17) is 0 Å². The first kappa shape index (κ1) is 19.5. The molecule has 3 atom stereocenters. The van der Waals surface area contributed by atoms with E-state index in [9.17, 15) is 9.59 Å². The van der Waals surface area contributed by atoms with Gasteiger partial charge in [-0.15, -0.1) is 6.58 Å². The lowest BCUT2D eigenvalue weighted by molar-refractivity contribution is -0.135. The Kier molecular flexibility index (Phi) is 4.23. The van der Waals surface area contributed by atoms with Gasteiger partial charge in [-0.05, 0) is 28.3 Å². The van der Waals surface area contributed by atoms with Crippen molar-refractivity contribution in [3.63, 3.8) is 0 Å². The van der Waals surface area contributed by atoms with Crippen LogP contribution in [-0.2, 0) is 9.59 Å². The third-order valence-electron chi connectivity index (χ3n) is 7.02. The molecule has 3 heterocycles. The molecule has 2 bridgehead atoms. The Morgan fingerprint density at radius 1 is 1.06 bits per heavy atom. The predicted molar refractivity (Wildman–Crippen MR) is 127 cm³/mol. The van der Waals surface area contributed by atoms with Gasteiger partial charge in [0, 0.05) is 5.56 Å². The number of amides is 2. The Morgan fingerprint density at radius 3 is 2.67 bits per heavy atom. The minimum Gasteiger partial charge on any atom is -0.347 e. The Hall–Kier alpha value is -4.19. The van der Waals surface area contributed by atoms with Crippen molar-refractivity contribution in [3.05, 3.63) is 96.7 Å². The standard InChI is InChI=1S/C27H22N4O2/c1-2-27(14-21-18-11-5-6-12-20(18)23(27)30-24(21)32)25(33)31-26-28-15-22(29-26)19-13-7-9-16-8-3-4-10-17(16)19/h2-13,15,21,23H,1,14H2,(H,30,32)(H2,28,29,31,33). The van der Waals surface area contributed by atoms with Crippen LogP contribution in [0.25, 0.3) is 22.0 Å². The molecule has 33 heavy (non-hydrogen) atoms. The number of H-pyrrole nitrogens is 1. The third-order valence-corrected chi connectivity index (χ3v) is 7.02. The fraction of sp³-hybridized carbons (Fsp3) is 0.148. The molecule has 3 aliphatic rings. The molecule has 3 N–H and O–H groups in total. The van der Waals surface area contributed by atoms with Crippen molar-refractivity contribution < 1.29 is 9.59 Å². The van der Waals surface area contributed by atoms with Gasteiger partial charge in [0.2, 0.25) is 17.8 Å². The lowest BCUT2D eigenvalue weighted by Gasteiger charge is -2.49. The third kappa shape index (κ3) is 2.84. The summed E-state index contributed by atoms with van der Waals surface area (Å²) in [5.74, 6) is -0.288. The van der Waals surface area contributed by atoms with Crippen LogP contribution in [0, 0.1) is 5.41 Å². The number of rotatable bonds is 4. The largest absolute Gasteiger partial charge is 0.347 e. The molecule has 4 aromatic rings. The molecule has 1 aromatic heterocycles. The van der Waals surface area contributed by atoms with E-state index in [0.717, 1.165) is 33.2 Å². The van der Waals surface area contributed by atoms with Crippen molar-refractivity contribution in [2.45, 2.75) is 18.4 Å². The molecule has 3 unspecified atom stereocenters. The zero-order valence-corrected chi connectivity index (χ0v) is 17.8. The van der Waals surface area contributed by atoms with Gasteiger partial charge < -0.3 is 10.3 Å². The van der Waals surface area contributed by atoms with Gasteiger partial charge in [-0.25, -0.2) is 4.98 Å². The molecule has 162 valence electrons. The van der Waals surface area contributed by atoms with E-state index in [0.29, 0.717) is 12.4 Å². The Morgan fingerprint density at radius 2 is 1.82 bits per heavy atom. The number of hydrogen-bond acceptors (Lipinski definition) is 3. The molecule has 1 saturated heterocycles. The van der Waals surface area contributed by atoms with Gasteiger partial charge in [0.05, 0.1) is 29.3 Å². The van der Waals surface area contributed by atoms with Crippen LogP contribution >= 0.6 is 0 Å². The zero-order valence-electron chi connectivity index (χ0n) is 17.8. The Balaban J connectivity index is 1.33. The fourth-order valence-electron chi connectivity index (χ4n) is 5.34. The predicted octanol–water partition coefficient (Wildman–Crippen LogP) is 4.70. The molecular weight excluding hydrogens is 412 g/mol. The smallest absolute Gasteiger partial charge is 0.239 e. The Labute approximate surface area is 190 Å². The molecule has 1 aliphatic carbocycles. The molecule has 0 saturated carbocycles. The summed E-state index contributed by atoms with van der Waals surface area (Å²) >= 11 is 0. The number of piperidine rings is 1. The number of nitrogens with one attached hydrogen (secondary N) is 3. The topological polar surface area (TPSA) is 86.9 Å². The van der Waals surface area contributed by atoms with E-state index in [1.807, 2.05) is 48.5 Å². The molecule has 6 heteroatoms. The van der Waals surface area contributed by atoms with Crippen molar-refractivity contribution in [1.82, 2.24) is 15.3 Å². The van der Waals surface area contributed by atoms with Crippen LogP contribution in [0.4, 0.5) is 5.95 Å². The van der Waals surface area contributed by atoms with Crippen molar-refractivity contribution in [2.75, 3.05) is 5.32 Å². The number of imidazole rings is 1. The molecule has 6 nitrogen and oxygen atoms in total. The summed E-state index contributed by atoms with van der Waals surface area (Å²) in [6, 6.07) is 21.6. The lowest BCUT2D eigenvalue weighted by Crippen LogP contribution is -2.57. The minimum atomic E-state index is -0.959. The SMILES string of the molecule is C=CC1(C(=O)Nc2ncc(-c3cccc4ccccc34)[nH]2)CC2C(=O)NC1c1ccccc12. The summed E-state index contributed by atoms with van der Waals surface area (Å²) < 4.78 is 0. The van der Waals surface area contributed by atoms with E-state index in [-0.39, 0.29) is 17.7 Å². The van der Waals surface area contributed by atoms with Crippen molar-refractivity contribution in [2.24, 2.45) is 5.41 Å². The van der Waals surface area contributed by atoms with Crippen molar-refractivity contribution >= 4 is 28.5 Å². The van der Waals surface area contributed by atoms with E-state index in [1.54, 1.807) is 12.3 Å². The van der Waals surface area contributed by atoms with Gasteiger partial charge in [0.25, 0.3) is 0 Å². The van der Waals surface area contributed by atoms with Gasteiger partial charge in [-0.3, -0.25) is 14.9 Å². The number of benzene rings is 3. The maximum absolute atomic E-state index is 13.6. The molecule has 2 aliphatic heterocycles. The number of nitrogens with zero attached hydrogens (tertiary/aromatic N) is 1. The second kappa shape index (κ2) is 7.17. The second-order valence-corrected chi connectivity index (χ2v) is 8.70. The summed E-state index contributed by atoms with van der Waals surface area (Å²) in [5.41, 5.74) is 2.84. The molecule has 3 aromatic carbocycles. The van der Waals surface area contributed by atoms with Crippen LogP contribution in [0.15, 0.2) is 85.6 Å². The normalized spacial score (nSPS) is 23.1. The van der Waals surface area contributed by atoms with Gasteiger partial charge >= 0.3 is 0 Å². The van der Waals surface area contributed by atoms with Gasteiger partial charge in [-0.1, -0.05) is 72.8 Å². The zero-order chi connectivity index (χ0) is 22.6. The lowest BCUT2D eigenvalue weighted by atomic mass is 9.60. The van der Waals surface area contributed by atoms with Crippen LogP contribution in [0.5, 0.6) is 0 Å². The highest BCUT2D eigenvalue weighted by molar-refractivity contribution is 6.01. The van der Waals surface area contributed by atoms with Crippen LogP contribution in [0.1, 0.15) is 29.5 Å². The van der Waals surface area contributed by atoms with Crippen molar-refractivity contribution in [1.29, 1.82) is 0 Å². The number of anilines is 1.